The van der Waals surface area contributed by atoms with E-state index in [9.17, 15) is 0 Å². The molecule has 0 bridgehead atoms. The van der Waals surface area contributed by atoms with Crippen molar-refractivity contribution >= 4 is 71.9 Å². The smallest absolute Gasteiger partial charge is 0.147 e. The van der Waals surface area contributed by atoms with E-state index < -0.39 is 0 Å². The van der Waals surface area contributed by atoms with E-state index in [4.69, 9.17) is 0 Å². The van der Waals surface area contributed by atoms with Gasteiger partial charge in [0, 0.05) is 1090 Å². The first-order valence-corrected chi connectivity index (χ1v) is 31.0. The van der Waals surface area contributed by atoms with Crippen molar-refractivity contribution in [2.45, 2.75) is 152 Å². The Balaban J connectivity index is -0.0000000233. The zero-order valence-corrected chi connectivity index (χ0v) is 163. The van der Waals surface area contributed by atoms with E-state index in [2.05, 4.69) is 149 Å². The van der Waals surface area contributed by atoms with Crippen molar-refractivity contribution < 1.29 is 1010 Å². The van der Waals surface area contributed by atoms with E-state index in [1.165, 1.54) is 38.2 Å². The van der Waals surface area contributed by atoms with Gasteiger partial charge in [0.15, 0.2) is 0 Å². The van der Waals surface area contributed by atoms with E-state index in [1.807, 2.05) is 270 Å². The van der Waals surface area contributed by atoms with Crippen molar-refractivity contribution in [2.75, 3.05) is 0 Å². The summed E-state index contributed by atoms with van der Waals surface area (Å²) in [6, 6.07) is 53.2. The maximum absolute atomic E-state index is 4.41. The van der Waals surface area contributed by atoms with Crippen LogP contribution in [-0.2, 0) is 1010 Å². The molecule has 31 radical (unpaired) electrons. The molecule has 0 aliphatic carbocycles. The van der Waals surface area contributed by atoms with Crippen molar-refractivity contribution in [3.63, 3.8) is 0 Å². The molecule has 43 heteroatoms. The fourth-order valence-corrected chi connectivity index (χ4v) is 7.63. The van der Waals surface area contributed by atoms with Gasteiger partial charge >= 0.3 is 0 Å². The van der Waals surface area contributed by atoms with Gasteiger partial charge in [-0.25, -0.2) is 31.7 Å². The van der Waals surface area contributed by atoms with Gasteiger partial charge in [-0.2, -0.15) is 29.5 Å². The van der Waals surface area contributed by atoms with E-state index in [-0.39, 0.29) is 1010 Å². The second-order valence-corrected chi connectivity index (χ2v) is 16.9. The molecule has 119 heavy (non-hydrogen) atoms. The predicted molar refractivity (Wildman–Crippen MR) is 382 cm³/mol. The Kier molecular flexibility index (Phi) is 331. The maximum atomic E-state index is 4.41. The summed E-state index contributed by atoms with van der Waals surface area (Å²) in [5, 5.41) is 13.6. The molecule has 0 saturated carbocycles. The Morgan fingerprint density at radius 1 is 0.336 bits per heavy atom. The van der Waals surface area contributed by atoms with Gasteiger partial charge in [0.1, 0.15) is 23.1 Å². The first kappa shape index (κ1) is 235. The molecule has 0 aliphatic rings. The molecule has 12 nitrogen and oxygen atoms in total. The minimum Gasteiger partial charge on any atom is -0.482 e. The van der Waals surface area contributed by atoms with E-state index in [0.717, 1.165) is 67.3 Å². The molecular formula is C76H100N12Y31-2. The number of H-pyrrole nitrogens is 1. The first-order valence-electron chi connectivity index (χ1n) is 31.0. The largest absolute Gasteiger partial charge is 0.482 e. The summed E-state index contributed by atoms with van der Waals surface area (Å²) in [5.74, 6) is 2.50. The molecule has 559 valence electrons. The third-order valence-corrected chi connectivity index (χ3v) is 11.1. The number of rotatable bonds is 1. The van der Waals surface area contributed by atoms with Gasteiger partial charge in [-0.1, -0.05) is 182 Å². The van der Waals surface area contributed by atoms with Crippen LogP contribution < -0.4 is 0 Å². The molecule has 1 N–H and O–H groups in total. The van der Waals surface area contributed by atoms with E-state index >= 15 is 0 Å². The van der Waals surface area contributed by atoms with E-state index in [1.54, 1.807) is 6.92 Å². The Labute approximate surface area is 1500 Å². The molecule has 0 spiro atoms. The number of aliphatic imine (C=N–C) groups is 1. The molecule has 8 heterocycles. The summed E-state index contributed by atoms with van der Waals surface area (Å²) in [5.41, 5.74) is 10.7. The quantitative estimate of drug-likeness (QED) is 0.0963. The number of nitrogens with one attached hydrogen (secondary N) is 1. The summed E-state index contributed by atoms with van der Waals surface area (Å²) in [6.07, 6.45) is 17.8. The molecule has 13 aromatic rings. The fraction of sp³-hybridized carbons (Fsp3) is 0.289. The third kappa shape index (κ3) is 111. The summed E-state index contributed by atoms with van der Waals surface area (Å²) < 4.78 is 2.01. The summed E-state index contributed by atoms with van der Waals surface area (Å²) >= 11 is 0. The predicted octanol–water partition coefficient (Wildman–Crippen LogP) is 21.4. The number of aromatic amines is 1. The van der Waals surface area contributed by atoms with Crippen LogP contribution in [0.4, 0.5) is 5.69 Å². The zero-order valence-electron chi connectivity index (χ0n) is 74.9. The molecule has 13 rings (SSSR count). The van der Waals surface area contributed by atoms with Crippen LogP contribution in [0.5, 0.6) is 0 Å². The van der Waals surface area contributed by atoms with Crippen LogP contribution in [0, 0.1) is 54.5 Å². The number of hydrogen-bond acceptors (Lipinski definition) is 10. The van der Waals surface area contributed by atoms with Crippen LogP contribution in [0.2, 0.25) is 0 Å². The number of benzene rings is 5. The number of hydrogen-bond donors (Lipinski definition) is 1. The number of nitrogens with zero attached hydrogens (tertiary/aromatic N) is 11. The summed E-state index contributed by atoms with van der Waals surface area (Å²) in [4.78, 5) is 37.7. The topological polar surface area (TPSA) is 149 Å². The van der Waals surface area contributed by atoms with Crippen LogP contribution >= 0.6 is 0 Å². The molecule has 0 aliphatic heterocycles. The summed E-state index contributed by atoms with van der Waals surface area (Å²) in [6.45, 7) is 43.6. The zero-order chi connectivity index (χ0) is 66.1. The number of aromatic nitrogens is 11. The molecule has 0 saturated heterocycles. The number of imidazole rings is 1. The molecular weight excluding hydrogens is 3840 g/mol. The Bertz CT molecular complexity index is 3820. The van der Waals surface area contributed by atoms with Crippen molar-refractivity contribution in [2.24, 2.45) is 4.99 Å². The van der Waals surface area contributed by atoms with Crippen LogP contribution in [0.15, 0.2) is 206 Å². The summed E-state index contributed by atoms with van der Waals surface area (Å²) in [7, 11) is 0. The SMILES string of the molecule is CC.CC.CC.CC.CC.CC.CC.C[C-]=Nc1[c-]cccc1.Cc1cc2cccnc2c2ncccc12.Cc1cccc2cccnc12.Cc1cn2ccccc2n1.Cc1cncc2ccccc12.Cc1n[nH]c(C)n1.Cc1ncc2ccccc2n1.[Y].[Y].[Y].[Y].[Y].[Y].[Y].[Y].[Y].[Y].[Y].[Y].[Y].[Y].[Y].[Y].[Y].[Y].[Y].[Y].[Y].[Y].[Y].[Y].[Y].[Y].[Y].[Y].[Y].[Y].[Y]. The van der Waals surface area contributed by atoms with Crippen LogP contribution in [0.25, 0.3) is 60.0 Å². The Morgan fingerprint density at radius 2 is 0.756 bits per heavy atom. The number of pyridine rings is 5. The average Bonchev–Trinajstić information content (AvgIpc) is 1.50. The monoisotopic (exact) mass is 3940 g/mol. The second kappa shape index (κ2) is 168. The van der Waals surface area contributed by atoms with Crippen LogP contribution in [0.3, 0.4) is 0 Å². The Hall–Kier alpha value is 24.8. The number of fused-ring (bicyclic) bond motifs is 7. The molecule has 8 aromatic heterocycles. The van der Waals surface area contributed by atoms with Gasteiger partial charge in [0.05, 0.1) is 27.8 Å². The molecule has 0 amide bonds. The normalized spacial score (nSPS) is 6.81. The van der Waals surface area contributed by atoms with Gasteiger partial charge in [0.25, 0.3) is 0 Å². The minimum atomic E-state index is 0. The molecule has 0 unspecified atom stereocenters. The molecule has 5 aromatic carbocycles. The third-order valence-electron chi connectivity index (χ3n) is 11.1. The van der Waals surface area contributed by atoms with Gasteiger partial charge in [0.2, 0.25) is 0 Å². The van der Waals surface area contributed by atoms with Gasteiger partial charge < -0.3 is 9.39 Å². The van der Waals surface area contributed by atoms with Crippen LogP contribution in [0.1, 0.15) is 144 Å². The van der Waals surface area contributed by atoms with Crippen molar-refractivity contribution in [3.05, 3.63) is 247 Å². The average molecular weight is 3940 g/mol. The van der Waals surface area contributed by atoms with E-state index in [0.29, 0.717) is 0 Å². The standard InChI is InChI=1S/C13H10N2.2C10H9N.C9H8N2.C8H8N2.C8H7N.C4H7N3.7C2H6.31Y/c1-9-8-10-4-2-6-14-12(10)13-11(9)5-3-7-15-13;1-8-4-2-5-9-6-3-7-11-10(8)9;1-8-6-11-7-9-4-2-3-5-10(8)9;1-7-10-6-8-4-2-3-5-9(8)11-7;1-7-6-10-5-3-2-4-8(10)9-7;1-2-9-8-6-4-3-5-7-8;1-3-5-4(2)7-6-3;7*1-2;;;;;;;;;;;;;;;;;;;;;;;;;;;;;;;/h2-8H,1H3;2*2-7H,1H3;2-6H,1H3;2-6H,1H3;3-6H,1H3;1-2H3,(H,5,6,7);7*1-2H3;;;;;;;;;;;;;;;;;;;;;;;;;;;;;;;/q;;;;;-2;;;;;;;;;;;;;;;;;;;;;;;;;;;;;;;;;;;;;;;. The minimum absolute atomic E-state index is 0. The maximum Gasteiger partial charge on any atom is 0.147 e. The van der Waals surface area contributed by atoms with Crippen LogP contribution in [-0.4, -0.2) is 60.7 Å². The van der Waals surface area contributed by atoms with Gasteiger partial charge in [-0.3, -0.25) is 31.1 Å². The number of aryl methyl sites for hydroxylation is 7. The van der Waals surface area contributed by atoms with Crippen molar-refractivity contribution in [1.29, 1.82) is 0 Å². The first-order chi connectivity index (χ1) is 43.1. The fourth-order valence-electron chi connectivity index (χ4n) is 7.63. The van der Waals surface area contributed by atoms with Gasteiger partial charge in [-0.05, 0) is 113 Å². The Morgan fingerprint density at radius 3 is 1.19 bits per heavy atom. The van der Waals surface area contributed by atoms with Crippen molar-refractivity contribution in [1.82, 2.24) is 54.5 Å². The molecule has 0 atom stereocenters. The second-order valence-electron chi connectivity index (χ2n) is 16.9. The van der Waals surface area contributed by atoms with Gasteiger partial charge in [-0.15, -0.1) is 6.92 Å². The number of para-hydroxylation sites is 3. The van der Waals surface area contributed by atoms with Crippen molar-refractivity contribution in [3.8, 4) is 0 Å². The molecule has 0 fully saturated rings.